The van der Waals surface area contributed by atoms with E-state index in [1.54, 1.807) is 6.07 Å². The molecule has 0 amide bonds. The Morgan fingerprint density at radius 3 is 2.71 bits per heavy atom. The van der Waals surface area contributed by atoms with Crippen LogP contribution in [0.1, 0.15) is 30.9 Å². The summed E-state index contributed by atoms with van der Waals surface area (Å²) in [5, 5.41) is 9.60. The van der Waals surface area contributed by atoms with Crippen molar-refractivity contribution in [3.8, 4) is 0 Å². The van der Waals surface area contributed by atoms with Crippen molar-refractivity contribution < 1.29 is 9.50 Å². The van der Waals surface area contributed by atoms with E-state index in [0.717, 1.165) is 24.0 Å². The van der Waals surface area contributed by atoms with Crippen LogP contribution in [0.3, 0.4) is 0 Å². The summed E-state index contributed by atoms with van der Waals surface area (Å²) in [6, 6.07) is 4.71. The lowest BCUT2D eigenvalue weighted by atomic mass is 10.0. The predicted molar refractivity (Wildman–Crippen MR) is 55.8 cm³/mol. The van der Waals surface area contributed by atoms with E-state index in [1.165, 1.54) is 12.1 Å². The Bertz CT molecular complexity index is 296. The first-order valence-corrected chi connectivity index (χ1v) is 5.06. The monoisotopic (exact) mass is 196 g/mol. The van der Waals surface area contributed by atoms with Crippen LogP contribution in [0.5, 0.6) is 0 Å². The molecule has 1 aromatic carbocycles. The topological polar surface area (TPSA) is 20.2 Å². The van der Waals surface area contributed by atoms with Crippen molar-refractivity contribution in [2.75, 3.05) is 0 Å². The van der Waals surface area contributed by atoms with Crippen molar-refractivity contribution in [3.05, 3.63) is 35.1 Å². The first kappa shape index (κ1) is 11.2. The van der Waals surface area contributed by atoms with Crippen LogP contribution in [0, 0.1) is 12.7 Å². The highest BCUT2D eigenvalue weighted by Crippen LogP contribution is 2.13. The van der Waals surface area contributed by atoms with Gasteiger partial charge in [0.05, 0.1) is 6.10 Å². The van der Waals surface area contributed by atoms with E-state index in [1.807, 2.05) is 13.8 Å². The predicted octanol–water partition coefficient (Wildman–Crippen LogP) is 2.84. The number of halogens is 1. The molecule has 1 nitrogen and oxygen atoms in total. The summed E-state index contributed by atoms with van der Waals surface area (Å²) in [4.78, 5) is 0. The molecule has 1 aromatic rings. The molecule has 0 saturated heterocycles. The lowest BCUT2D eigenvalue weighted by molar-refractivity contribution is 0.163. The quantitative estimate of drug-likeness (QED) is 0.785. The fraction of sp³-hybridized carbons (Fsp3) is 0.500. The SMILES string of the molecule is CCCC(O)Cc1ccc(F)cc1C. The smallest absolute Gasteiger partial charge is 0.123 e. The maximum Gasteiger partial charge on any atom is 0.123 e. The molecule has 1 N–H and O–H groups in total. The number of hydrogen-bond acceptors (Lipinski definition) is 1. The Balaban J connectivity index is 2.67. The van der Waals surface area contributed by atoms with Crippen LogP contribution in [0.4, 0.5) is 4.39 Å². The second-order valence-electron chi connectivity index (χ2n) is 3.72. The first-order chi connectivity index (χ1) is 6.63. The van der Waals surface area contributed by atoms with Crippen LogP contribution in [0.15, 0.2) is 18.2 Å². The average Bonchev–Trinajstić information content (AvgIpc) is 2.10. The fourth-order valence-corrected chi connectivity index (χ4v) is 1.58. The van der Waals surface area contributed by atoms with E-state index in [-0.39, 0.29) is 11.9 Å². The second-order valence-corrected chi connectivity index (χ2v) is 3.72. The zero-order valence-electron chi connectivity index (χ0n) is 8.76. The van der Waals surface area contributed by atoms with Gasteiger partial charge in [0.25, 0.3) is 0 Å². The highest BCUT2D eigenvalue weighted by atomic mass is 19.1. The highest BCUT2D eigenvalue weighted by molar-refractivity contribution is 5.27. The fourth-order valence-electron chi connectivity index (χ4n) is 1.58. The Kier molecular flexibility index (Phi) is 4.08. The Labute approximate surface area is 84.6 Å². The van der Waals surface area contributed by atoms with E-state index in [4.69, 9.17) is 0 Å². The maximum atomic E-state index is 12.8. The molecule has 1 atom stereocenters. The standard InChI is InChI=1S/C12H17FO/c1-3-4-12(14)8-10-5-6-11(13)7-9(10)2/h5-7,12,14H,3-4,8H2,1-2H3. The minimum Gasteiger partial charge on any atom is -0.393 e. The van der Waals surface area contributed by atoms with Crippen molar-refractivity contribution in [1.82, 2.24) is 0 Å². The van der Waals surface area contributed by atoms with Gasteiger partial charge in [-0.1, -0.05) is 19.4 Å². The molecular formula is C12H17FO. The van der Waals surface area contributed by atoms with Crippen LogP contribution in [-0.4, -0.2) is 11.2 Å². The van der Waals surface area contributed by atoms with E-state index in [2.05, 4.69) is 0 Å². The molecule has 0 aliphatic rings. The van der Waals surface area contributed by atoms with Gasteiger partial charge in [0.15, 0.2) is 0 Å². The summed E-state index contributed by atoms with van der Waals surface area (Å²) in [6.07, 6.45) is 2.10. The molecule has 0 aliphatic carbocycles. The molecule has 0 fully saturated rings. The molecule has 0 spiro atoms. The summed E-state index contributed by atoms with van der Waals surface area (Å²) in [5.41, 5.74) is 1.95. The third-order valence-corrected chi connectivity index (χ3v) is 2.38. The van der Waals surface area contributed by atoms with Gasteiger partial charge >= 0.3 is 0 Å². The third-order valence-electron chi connectivity index (χ3n) is 2.38. The summed E-state index contributed by atoms with van der Waals surface area (Å²) in [5.74, 6) is -0.212. The van der Waals surface area contributed by atoms with Gasteiger partial charge in [0, 0.05) is 0 Å². The maximum absolute atomic E-state index is 12.8. The first-order valence-electron chi connectivity index (χ1n) is 5.06. The third kappa shape index (κ3) is 3.11. The van der Waals surface area contributed by atoms with Gasteiger partial charge in [0.2, 0.25) is 0 Å². The van der Waals surface area contributed by atoms with Crippen molar-refractivity contribution in [2.24, 2.45) is 0 Å². The Morgan fingerprint density at radius 1 is 1.43 bits per heavy atom. The molecule has 2 heteroatoms. The van der Waals surface area contributed by atoms with Crippen LogP contribution in [0.25, 0.3) is 0 Å². The van der Waals surface area contributed by atoms with Crippen LogP contribution < -0.4 is 0 Å². The van der Waals surface area contributed by atoms with Crippen LogP contribution >= 0.6 is 0 Å². The van der Waals surface area contributed by atoms with E-state index in [9.17, 15) is 9.50 Å². The normalized spacial score (nSPS) is 12.9. The largest absolute Gasteiger partial charge is 0.393 e. The van der Waals surface area contributed by atoms with Gasteiger partial charge < -0.3 is 5.11 Å². The number of aryl methyl sites for hydroxylation is 1. The molecule has 0 bridgehead atoms. The van der Waals surface area contributed by atoms with Crippen LogP contribution in [-0.2, 0) is 6.42 Å². The van der Waals surface area contributed by atoms with E-state index >= 15 is 0 Å². The zero-order valence-corrected chi connectivity index (χ0v) is 8.76. The number of benzene rings is 1. The molecule has 0 saturated carbocycles. The second kappa shape index (κ2) is 5.11. The van der Waals surface area contributed by atoms with Gasteiger partial charge in [-0.15, -0.1) is 0 Å². The van der Waals surface area contributed by atoms with Gasteiger partial charge in [-0.2, -0.15) is 0 Å². The van der Waals surface area contributed by atoms with Crippen molar-refractivity contribution in [1.29, 1.82) is 0 Å². The number of aliphatic hydroxyl groups is 1. The highest BCUT2D eigenvalue weighted by Gasteiger charge is 2.06. The molecule has 0 heterocycles. The minimum atomic E-state index is -0.302. The number of hydrogen-bond donors (Lipinski definition) is 1. The number of rotatable bonds is 4. The Hall–Kier alpha value is -0.890. The Morgan fingerprint density at radius 2 is 2.14 bits per heavy atom. The van der Waals surface area contributed by atoms with Gasteiger partial charge in [-0.05, 0) is 43.0 Å². The molecule has 78 valence electrons. The molecule has 14 heavy (non-hydrogen) atoms. The molecule has 0 radical (unpaired) electrons. The molecule has 1 unspecified atom stereocenters. The van der Waals surface area contributed by atoms with E-state index in [0.29, 0.717) is 6.42 Å². The number of aliphatic hydroxyl groups excluding tert-OH is 1. The lowest BCUT2D eigenvalue weighted by Gasteiger charge is -2.11. The summed E-state index contributed by atoms with van der Waals surface area (Å²) >= 11 is 0. The van der Waals surface area contributed by atoms with Gasteiger partial charge in [-0.3, -0.25) is 0 Å². The average molecular weight is 196 g/mol. The lowest BCUT2D eigenvalue weighted by Crippen LogP contribution is -2.10. The summed E-state index contributed by atoms with van der Waals surface area (Å²) in [7, 11) is 0. The van der Waals surface area contributed by atoms with Crippen molar-refractivity contribution >= 4 is 0 Å². The van der Waals surface area contributed by atoms with Gasteiger partial charge in [0.1, 0.15) is 5.82 Å². The van der Waals surface area contributed by atoms with Crippen LogP contribution in [0.2, 0.25) is 0 Å². The van der Waals surface area contributed by atoms with Crippen molar-refractivity contribution in [2.45, 2.75) is 39.2 Å². The van der Waals surface area contributed by atoms with Crippen molar-refractivity contribution in [3.63, 3.8) is 0 Å². The van der Waals surface area contributed by atoms with Gasteiger partial charge in [-0.25, -0.2) is 4.39 Å². The molecular weight excluding hydrogens is 179 g/mol. The molecule has 1 rings (SSSR count). The summed E-state index contributed by atoms with van der Waals surface area (Å²) < 4.78 is 12.8. The summed E-state index contributed by atoms with van der Waals surface area (Å²) in [6.45, 7) is 3.91. The molecule has 0 aromatic heterocycles. The minimum absolute atomic E-state index is 0.212. The van der Waals surface area contributed by atoms with E-state index < -0.39 is 0 Å². The zero-order chi connectivity index (χ0) is 10.6. The molecule has 0 aliphatic heterocycles.